The third-order valence-corrected chi connectivity index (χ3v) is 16.3. The van der Waals surface area contributed by atoms with Gasteiger partial charge < -0.3 is 4.43 Å². The highest BCUT2D eigenvalue weighted by Gasteiger charge is 2.45. The Bertz CT molecular complexity index is 206. The van der Waals surface area contributed by atoms with Crippen molar-refractivity contribution in [1.29, 1.82) is 0 Å². The van der Waals surface area contributed by atoms with Crippen molar-refractivity contribution < 1.29 is 4.43 Å². The van der Waals surface area contributed by atoms with Crippen LogP contribution in [0.1, 0.15) is 48.0 Å². The summed E-state index contributed by atoms with van der Waals surface area (Å²) in [5, 5.41) is 0.563. The summed E-state index contributed by atoms with van der Waals surface area (Å²) in [6.07, 6.45) is 1.33. The Labute approximate surface area is 99.3 Å². The van der Waals surface area contributed by atoms with Crippen molar-refractivity contribution >= 4 is 17.6 Å². The summed E-state index contributed by atoms with van der Waals surface area (Å²) in [5.74, 6) is 0.774. The van der Waals surface area contributed by atoms with Crippen molar-refractivity contribution in [3.8, 4) is 0 Å². The highest BCUT2D eigenvalue weighted by Crippen LogP contribution is 2.52. The minimum Gasteiger partial charge on any atom is -0.428 e. The molecule has 0 aromatic rings. The van der Waals surface area contributed by atoms with Crippen LogP contribution in [-0.4, -0.2) is 24.2 Å². The molecule has 0 saturated carbocycles. The fraction of sp³-hybridized carbons (Fsp3) is 1.00. The van der Waals surface area contributed by atoms with Gasteiger partial charge in [-0.05, 0) is 22.8 Å². The normalized spacial score (nSPS) is 26.2. The third-order valence-electron chi connectivity index (χ3n) is 5.28. The quantitative estimate of drug-likeness (QED) is 0.694. The maximum atomic E-state index is 5.84. The van der Waals surface area contributed by atoms with E-state index in [1.807, 2.05) is 0 Å². The number of rotatable bonds is 3. The molecule has 1 aliphatic heterocycles. The molecule has 1 aliphatic rings. The lowest BCUT2D eigenvalue weighted by atomic mass is 9.71. The fourth-order valence-electron chi connectivity index (χ4n) is 2.58. The van der Waals surface area contributed by atoms with Crippen LogP contribution in [0.3, 0.4) is 0 Å². The van der Waals surface area contributed by atoms with Gasteiger partial charge in [-0.15, -0.1) is 0 Å². The molecule has 0 amide bonds. The fourth-order valence-corrected chi connectivity index (χ4v) is 12.1. The SMILES string of the molecule is CC(C)C(C)(C)C(C)(C)[SiH]1CCCO[SiH2]1. The molecule has 1 rings (SSSR count). The largest absolute Gasteiger partial charge is 0.428 e. The van der Waals surface area contributed by atoms with Crippen molar-refractivity contribution in [2.45, 2.75) is 59.0 Å². The van der Waals surface area contributed by atoms with Crippen LogP contribution in [0.2, 0.25) is 11.1 Å². The molecule has 1 saturated heterocycles. The molecule has 90 valence electrons. The first-order valence-electron chi connectivity index (χ1n) is 6.38. The van der Waals surface area contributed by atoms with E-state index in [1.165, 1.54) is 12.5 Å². The highest BCUT2D eigenvalue weighted by atomic mass is 29.2. The predicted octanol–water partition coefficient (Wildman–Crippen LogP) is 2.68. The van der Waals surface area contributed by atoms with Crippen LogP contribution in [0.15, 0.2) is 0 Å². The molecule has 15 heavy (non-hydrogen) atoms. The second-order valence-corrected chi connectivity index (χ2v) is 14.6. The molecule has 1 heterocycles. The summed E-state index contributed by atoms with van der Waals surface area (Å²) in [6.45, 7) is 15.8. The second kappa shape index (κ2) is 4.72. The average Bonchev–Trinajstić information content (AvgIpc) is 2.18. The van der Waals surface area contributed by atoms with Gasteiger partial charge in [-0.3, -0.25) is 0 Å². The van der Waals surface area contributed by atoms with Crippen molar-refractivity contribution in [2.24, 2.45) is 11.3 Å². The van der Waals surface area contributed by atoms with E-state index in [9.17, 15) is 0 Å². The maximum Gasteiger partial charge on any atom is 0.147 e. The molecular formula is C12H28OSi2. The zero-order valence-corrected chi connectivity index (χ0v) is 14.0. The van der Waals surface area contributed by atoms with Gasteiger partial charge in [-0.1, -0.05) is 47.6 Å². The van der Waals surface area contributed by atoms with Crippen LogP contribution in [0.5, 0.6) is 0 Å². The van der Waals surface area contributed by atoms with Gasteiger partial charge in [0.25, 0.3) is 0 Å². The van der Waals surface area contributed by atoms with E-state index >= 15 is 0 Å². The lowest BCUT2D eigenvalue weighted by Gasteiger charge is -2.50. The van der Waals surface area contributed by atoms with E-state index in [-0.39, 0.29) is 9.28 Å². The first kappa shape index (κ1) is 13.5. The molecule has 0 aromatic heterocycles. The van der Waals surface area contributed by atoms with E-state index < -0.39 is 8.31 Å². The van der Waals surface area contributed by atoms with Crippen LogP contribution >= 0.6 is 0 Å². The Morgan fingerprint density at radius 3 is 2.20 bits per heavy atom. The van der Waals surface area contributed by atoms with Gasteiger partial charge in [0.05, 0.1) is 8.31 Å². The van der Waals surface area contributed by atoms with E-state index in [4.69, 9.17) is 4.43 Å². The third kappa shape index (κ3) is 2.56. The van der Waals surface area contributed by atoms with Gasteiger partial charge in [0.2, 0.25) is 0 Å². The molecule has 1 nitrogen and oxygen atoms in total. The summed E-state index contributed by atoms with van der Waals surface area (Å²) >= 11 is 0. The zero-order chi connectivity index (χ0) is 11.7. The molecule has 0 aromatic carbocycles. The number of hydrogen-bond donors (Lipinski definition) is 0. The molecular weight excluding hydrogens is 216 g/mol. The van der Waals surface area contributed by atoms with Crippen molar-refractivity contribution in [2.75, 3.05) is 6.61 Å². The van der Waals surface area contributed by atoms with E-state index in [0.717, 1.165) is 12.5 Å². The minimum absolute atomic E-state index is 0.155. The van der Waals surface area contributed by atoms with Gasteiger partial charge in [-0.25, -0.2) is 0 Å². The molecule has 0 radical (unpaired) electrons. The summed E-state index contributed by atoms with van der Waals surface area (Å²) in [5.41, 5.74) is 0.470. The van der Waals surface area contributed by atoms with E-state index in [1.54, 1.807) is 0 Å². The Morgan fingerprint density at radius 2 is 1.80 bits per heavy atom. The van der Waals surface area contributed by atoms with Gasteiger partial charge in [0.1, 0.15) is 9.28 Å². The second-order valence-electron chi connectivity index (χ2n) is 6.51. The van der Waals surface area contributed by atoms with E-state index in [0.29, 0.717) is 10.5 Å². The van der Waals surface area contributed by atoms with Crippen LogP contribution < -0.4 is 0 Å². The van der Waals surface area contributed by atoms with Gasteiger partial charge >= 0.3 is 0 Å². The van der Waals surface area contributed by atoms with Crippen LogP contribution in [0, 0.1) is 11.3 Å². The summed E-state index contributed by atoms with van der Waals surface area (Å²) in [4.78, 5) is 0. The Balaban J connectivity index is 2.79. The molecule has 0 spiro atoms. The van der Waals surface area contributed by atoms with Gasteiger partial charge in [0.15, 0.2) is 0 Å². The smallest absolute Gasteiger partial charge is 0.147 e. The Morgan fingerprint density at radius 1 is 1.20 bits per heavy atom. The molecule has 1 fully saturated rings. The summed E-state index contributed by atoms with van der Waals surface area (Å²) in [6, 6.07) is 1.54. The maximum absolute atomic E-state index is 5.84. The van der Waals surface area contributed by atoms with Crippen molar-refractivity contribution in [3.63, 3.8) is 0 Å². The average molecular weight is 245 g/mol. The standard InChI is InChI=1S/C12H28OSi2/c1-10(2)11(3,4)12(5,6)15-9-7-8-13-14-15/h10,15H,7-9,14H2,1-6H3. The Hall–Kier alpha value is 0.394. The molecule has 1 atom stereocenters. The lowest BCUT2D eigenvalue weighted by molar-refractivity contribution is 0.173. The molecule has 0 bridgehead atoms. The Kier molecular flexibility index (Phi) is 4.23. The molecule has 1 unspecified atom stereocenters. The van der Waals surface area contributed by atoms with E-state index in [2.05, 4.69) is 41.5 Å². The highest BCUT2D eigenvalue weighted by molar-refractivity contribution is 7.11. The van der Waals surface area contributed by atoms with Crippen LogP contribution in [-0.2, 0) is 4.43 Å². The lowest BCUT2D eigenvalue weighted by Crippen LogP contribution is -2.48. The first-order chi connectivity index (χ1) is 6.80. The van der Waals surface area contributed by atoms with Gasteiger partial charge in [0, 0.05) is 6.61 Å². The van der Waals surface area contributed by atoms with Gasteiger partial charge in [-0.2, -0.15) is 0 Å². The zero-order valence-electron chi connectivity index (χ0n) is 11.4. The van der Waals surface area contributed by atoms with Crippen LogP contribution in [0.25, 0.3) is 0 Å². The van der Waals surface area contributed by atoms with Crippen molar-refractivity contribution in [1.82, 2.24) is 0 Å². The predicted molar refractivity (Wildman–Crippen MR) is 73.7 cm³/mol. The first-order valence-corrected chi connectivity index (χ1v) is 11.6. The van der Waals surface area contributed by atoms with Crippen molar-refractivity contribution in [3.05, 3.63) is 0 Å². The van der Waals surface area contributed by atoms with Crippen LogP contribution in [0.4, 0.5) is 0 Å². The molecule has 0 N–H and O–H groups in total. The number of hydrogen-bond acceptors (Lipinski definition) is 1. The molecule has 0 aliphatic carbocycles. The topological polar surface area (TPSA) is 9.23 Å². The summed E-state index contributed by atoms with van der Waals surface area (Å²) < 4.78 is 5.84. The molecule has 3 heteroatoms. The monoisotopic (exact) mass is 244 g/mol. The summed E-state index contributed by atoms with van der Waals surface area (Å²) in [7, 11) is -0.754. The minimum atomic E-state index is -0.600.